The van der Waals surface area contributed by atoms with Crippen molar-refractivity contribution >= 4 is 34.3 Å². The Hall–Kier alpha value is -4.39. The van der Waals surface area contributed by atoms with Crippen LogP contribution in [0.4, 0.5) is 0 Å². The van der Waals surface area contributed by atoms with E-state index < -0.39 is 5.97 Å². The molecule has 3 heterocycles. The van der Waals surface area contributed by atoms with Gasteiger partial charge in [-0.1, -0.05) is 24.3 Å². The number of pyridine rings is 1. The molecule has 7 rings (SSSR count). The van der Waals surface area contributed by atoms with Gasteiger partial charge in [-0.05, 0) is 86.6 Å². The summed E-state index contributed by atoms with van der Waals surface area (Å²) in [5.74, 6) is 0.795. The van der Waals surface area contributed by atoms with E-state index in [1.807, 2.05) is 62.4 Å². The molecule has 0 N–H and O–H groups in total. The summed E-state index contributed by atoms with van der Waals surface area (Å²) in [6.45, 7) is 3.93. The van der Waals surface area contributed by atoms with E-state index in [2.05, 4.69) is 10.6 Å². The minimum Gasteiger partial charge on any atom is -0.454 e. The minimum absolute atomic E-state index is 0.179. The van der Waals surface area contributed by atoms with Gasteiger partial charge in [0.05, 0.1) is 16.8 Å². The second kappa shape index (κ2) is 9.12. The van der Waals surface area contributed by atoms with Crippen LogP contribution in [0.15, 0.2) is 48.5 Å². The Morgan fingerprint density at radius 3 is 2.72 bits per heavy atom. The van der Waals surface area contributed by atoms with E-state index in [0.29, 0.717) is 23.6 Å². The third-order valence-corrected chi connectivity index (χ3v) is 7.91. The summed E-state index contributed by atoms with van der Waals surface area (Å²) in [4.78, 5) is 31.6. The van der Waals surface area contributed by atoms with Crippen molar-refractivity contribution in [1.29, 1.82) is 0 Å². The number of allylic oxidation sites excluding steroid dienone is 1. The molecule has 0 saturated heterocycles. The van der Waals surface area contributed by atoms with Crippen LogP contribution in [0.1, 0.15) is 74.2 Å². The van der Waals surface area contributed by atoms with Gasteiger partial charge in [0.1, 0.15) is 0 Å². The zero-order valence-electron chi connectivity index (χ0n) is 22.0. The van der Waals surface area contributed by atoms with Crippen LogP contribution in [0, 0.1) is 13.8 Å². The number of aryl methyl sites for hydroxylation is 1. The number of carbonyl (C=O) groups excluding carboxylic acids is 2. The van der Waals surface area contributed by atoms with Crippen LogP contribution in [0.5, 0.6) is 11.5 Å². The van der Waals surface area contributed by atoms with Crippen molar-refractivity contribution in [2.75, 3.05) is 13.4 Å². The molecule has 0 radical (unpaired) electrons. The molecule has 0 amide bonds. The monoisotopic (exact) mass is 520 g/mol. The second-order valence-electron chi connectivity index (χ2n) is 10.5. The first-order chi connectivity index (χ1) is 19.0. The molecule has 7 nitrogen and oxygen atoms in total. The van der Waals surface area contributed by atoms with Crippen molar-refractivity contribution in [2.45, 2.75) is 45.6 Å². The van der Waals surface area contributed by atoms with Crippen molar-refractivity contribution in [3.63, 3.8) is 0 Å². The maximum Gasteiger partial charge on any atom is 0.339 e. The van der Waals surface area contributed by atoms with E-state index in [1.165, 1.54) is 0 Å². The smallest absolute Gasteiger partial charge is 0.339 e. The van der Waals surface area contributed by atoms with Gasteiger partial charge in [-0.2, -0.15) is 0 Å². The number of esters is 1. The molecule has 7 heteroatoms. The van der Waals surface area contributed by atoms with E-state index in [-0.39, 0.29) is 19.2 Å². The first kappa shape index (κ1) is 23.7. The molecule has 0 bridgehead atoms. The highest BCUT2D eigenvalue weighted by atomic mass is 16.7. The Kier molecular flexibility index (Phi) is 5.54. The van der Waals surface area contributed by atoms with Gasteiger partial charge >= 0.3 is 5.97 Å². The van der Waals surface area contributed by atoms with E-state index in [9.17, 15) is 9.59 Å². The van der Waals surface area contributed by atoms with Gasteiger partial charge in [0.25, 0.3) is 0 Å². The van der Waals surface area contributed by atoms with Crippen LogP contribution in [-0.2, 0) is 11.2 Å². The normalized spacial score (nSPS) is 16.6. The number of aromatic nitrogens is 2. The third kappa shape index (κ3) is 4.09. The number of fused-ring (bicyclic) bond motifs is 3. The SMILES string of the molecule is Cc1cc(C(=O)COC(=O)c2c3c(nc4ccccc24)/C(=C/c2ccc4c(c2)OCO4)CC3)c(C)n1C1CC1. The number of carbonyl (C=O) groups is 2. The molecular weight excluding hydrogens is 492 g/mol. The number of para-hydroxylation sites is 1. The van der Waals surface area contributed by atoms with Crippen LogP contribution in [0.3, 0.4) is 0 Å². The average Bonchev–Trinajstić information content (AvgIpc) is 3.39. The predicted octanol–water partition coefficient (Wildman–Crippen LogP) is 6.24. The lowest BCUT2D eigenvalue weighted by atomic mass is 10.0. The fourth-order valence-electron chi connectivity index (χ4n) is 5.95. The largest absolute Gasteiger partial charge is 0.454 e. The standard InChI is InChI=1S/C32H28N2O5/c1-18-13-25(19(2)34(18)22-9-10-22)27(35)16-37-32(36)30-23-5-3-4-6-26(23)33-31-21(8-11-24(30)31)14-20-7-12-28-29(15-20)39-17-38-28/h3-7,12-15,22H,8-11,16-17H2,1-2H3/b21-14+. The lowest BCUT2D eigenvalue weighted by Gasteiger charge is -2.12. The molecule has 39 heavy (non-hydrogen) atoms. The van der Waals surface area contributed by atoms with Gasteiger partial charge in [-0.15, -0.1) is 0 Å². The van der Waals surface area contributed by atoms with Gasteiger partial charge in [0.2, 0.25) is 12.6 Å². The molecule has 0 unspecified atom stereocenters. The fraction of sp³-hybridized carbons (Fsp3) is 0.281. The Balaban J connectivity index is 1.20. The highest BCUT2D eigenvalue weighted by molar-refractivity contribution is 6.08. The van der Waals surface area contributed by atoms with Crippen LogP contribution in [-0.4, -0.2) is 34.7 Å². The summed E-state index contributed by atoms with van der Waals surface area (Å²) in [5.41, 5.74) is 7.58. The summed E-state index contributed by atoms with van der Waals surface area (Å²) in [6, 6.07) is 15.8. The number of rotatable bonds is 6. The van der Waals surface area contributed by atoms with E-state index >= 15 is 0 Å². The zero-order chi connectivity index (χ0) is 26.7. The van der Waals surface area contributed by atoms with Crippen LogP contribution < -0.4 is 9.47 Å². The molecule has 196 valence electrons. The number of Topliss-reactive ketones (excluding diaryl/α,β-unsaturated/α-hetero) is 1. The lowest BCUT2D eigenvalue weighted by molar-refractivity contribution is 0.0475. The molecule has 4 aromatic rings. The zero-order valence-corrected chi connectivity index (χ0v) is 22.0. The summed E-state index contributed by atoms with van der Waals surface area (Å²) < 4.78 is 18.9. The number of ketones is 1. The van der Waals surface area contributed by atoms with E-state index in [4.69, 9.17) is 19.2 Å². The quantitative estimate of drug-likeness (QED) is 0.221. The van der Waals surface area contributed by atoms with Gasteiger partial charge in [0, 0.05) is 28.4 Å². The number of benzene rings is 2. The number of ether oxygens (including phenoxy) is 3. The Morgan fingerprint density at radius 2 is 1.87 bits per heavy atom. The van der Waals surface area contributed by atoms with Crippen molar-refractivity contribution < 1.29 is 23.8 Å². The maximum atomic E-state index is 13.6. The molecular formula is C32H28N2O5. The predicted molar refractivity (Wildman–Crippen MR) is 147 cm³/mol. The highest BCUT2D eigenvalue weighted by Gasteiger charge is 2.30. The fourth-order valence-corrected chi connectivity index (χ4v) is 5.95. The molecule has 3 aliphatic rings. The third-order valence-electron chi connectivity index (χ3n) is 7.91. The van der Waals surface area contributed by atoms with Crippen LogP contribution >= 0.6 is 0 Å². The second-order valence-corrected chi connectivity index (χ2v) is 10.5. The molecule has 0 spiro atoms. The summed E-state index contributed by atoms with van der Waals surface area (Å²) in [5, 5.41) is 0.741. The summed E-state index contributed by atoms with van der Waals surface area (Å²) in [6.07, 6.45) is 5.79. The topological polar surface area (TPSA) is 79.7 Å². The van der Waals surface area contributed by atoms with Crippen LogP contribution in [0.25, 0.3) is 22.6 Å². The summed E-state index contributed by atoms with van der Waals surface area (Å²) >= 11 is 0. The molecule has 2 aliphatic carbocycles. The number of hydrogen-bond donors (Lipinski definition) is 0. The van der Waals surface area contributed by atoms with Gasteiger partial charge in [0.15, 0.2) is 18.1 Å². The Morgan fingerprint density at radius 1 is 1.05 bits per heavy atom. The van der Waals surface area contributed by atoms with Crippen molar-refractivity contribution in [3.8, 4) is 11.5 Å². The molecule has 2 aromatic heterocycles. The molecule has 1 saturated carbocycles. The maximum absolute atomic E-state index is 13.6. The minimum atomic E-state index is -0.487. The van der Waals surface area contributed by atoms with E-state index in [0.717, 1.165) is 75.4 Å². The number of hydrogen-bond acceptors (Lipinski definition) is 6. The Bertz CT molecular complexity index is 1710. The van der Waals surface area contributed by atoms with E-state index in [1.54, 1.807) is 0 Å². The molecule has 0 atom stereocenters. The number of nitrogens with zero attached hydrogens (tertiary/aromatic N) is 2. The van der Waals surface area contributed by atoms with Crippen molar-refractivity contribution in [1.82, 2.24) is 9.55 Å². The summed E-state index contributed by atoms with van der Waals surface area (Å²) in [7, 11) is 0. The first-order valence-electron chi connectivity index (χ1n) is 13.4. The van der Waals surface area contributed by atoms with Gasteiger partial charge in [-0.25, -0.2) is 9.78 Å². The average molecular weight is 521 g/mol. The highest BCUT2D eigenvalue weighted by Crippen LogP contribution is 2.40. The first-order valence-corrected chi connectivity index (χ1v) is 13.4. The molecule has 2 aromatic carbocycles. The van der Waals surface area contributed by atoms with Crippen molar-refractivity contribution in [2.24, 2.45) is 0 Å². The van der Waals surface area contributed by atoms with Gasteiger partial charge < -0.3 is 18.8 Å². The van der Waals surface area contributed by atoms with Gasteiger partial charge in [-0.3, -0.25) is 4.79 Å². The van der Waals surface area contributed by atoms with Crippen LogP contribution in [0.2, 0.25) is 0 Å². The Labute approximate surface area is 226 Å². The van der Waals surface area contributed by atoms with Crippen molar-refractivity contribution in [3.05, 3.63) is 87.9 Å². The molecule has 1 aliphatic heterocycles. The molecule has 1 fully saturated rings. The lowest BCUT2D eigenvalue weighted by Crippen LogP contribution is -2.17.